The molecule has 3 nitrogen and oxygen atoms in total. The SMILES string of the molecule is C[C@@H](N)c1cnn(C)c1Cl.Cl.Cl. The first-order valence-corrected chi connectivity index (χ1v) is 3.43. The largest absolute Gasteiger partial charge is 0.324 e. The molecule has 1 aromatic rings. The predicted octanol–water partition coefficient (Wildman–Crippen LogP) is 1.94. The van der Waals surface area contributed by atoms with Crippen LogP contribution in [0.4, 0.5) is 0 Å². The van der Waals surface area contributed by atoms with E-state index in [4.69, 9.17) is 17.3 Å². The molecule has 0 aliphatic rings. The molecule has 0 saturated carbocycles. The standard InChI is InChI=1S/C6H10ClN3.2ClH/c1-4(8)5-3-9-10(2)6(5)7;;/h3-4H,8H2,1-2H3;2*1H/t4-;;/m1../s1. The quantitative estimate of drug-likeness (QED) is 0.804. The average molecular weight is 233 g/mol. The molecule has 0 spiro atoms. The Hall–Kier alpha value is 0.0400. The number of halogens is 3. The fourth-order valence-corrected chi connectivity index (χ4v) is 1.01. The summed E-state index contributed by atoms with van der Waals surface area (Å²) in [6.45, 7) is 1.88. The summed E-state index contributed by atoms with van der Waals surface area (Å²) in [6, 6.07) is -0.0406. The van der Waals surface area contributed by atoms with E-state index >= 15 is 0 Å². The van der Waals surface area contributed by atoms with Gasteiger partial charge in [0.25, 0.3) is 0 Å². The number of hydrogen-bond donors (Lipinski definition) is 1. The van der Waals surface area contributed by atoms with Gasteiger partial charge in [-0.05, 0) is 6.92 Å². The zero-order chi connectivity index (χ0) is 7.72. The second-order valence-corrected chi connectivity index (χ2v) is 2.66. The number of aryl methyl sites for hydroxylation is 1. The van der Waals surface area contributed by atoms with E-state index in [1.807, 2.05) is 6.92 Å². The Morgan fingerprint density at radius 1 is 1.58 bits per heavy atom. The second-order valence-electron chi connectivity index (χ2n) is 2.30. The van der Waals surface area contributed by atoms with Gasteiger partial charge in [-0.1, -0.05) is 11.6 Å². The molecular weight excluding hydrogens is 220 g/mol. The van der Waals surface area contributed by atoms with Crippen molar-refractivity contribution in [2.75, 3.05) is 0 Å². The average Bonchev–Trinajstić information content (AvgIpc) is 2.14. The van der Waals surface area contributed by atoms with Gasteiger partial charge in [-0.25, -0.2) is 0 Å². The molecule has 0 aromatic carbocycles. The van der Waals surface area contributed by atoms with Crippen molar-refractivity contribution in [2.45, 2.75) is 13.0 Å². The summed E-state index contributed by atoms with van der Waals surface area (Å²) < 4.78 is 1.60. The summed E-state index contributed by atoms with van der Waals surface area (Å²) in [4.78, 5) is 0. The number of nitrogens with two attached hydrogens (primary N) is 1. The van der Waals surface area contributed by atoms with Crippen LogP contribution in [0.3, 0.4) is 0 Å². The number of nitrogens with zero attached hydrogens (tertiary/aromatic N) is 2. The molecule has 1 aromatic heterocycles. The monoisotopic (exact) mass is 231 g/mol. The lowest BCUT2D eigenvalue weighted by Crippen LogP contribution is -2.04. The highest BCUT2D eigenvalue weighted by atomic mass is 35.5. The van der Waals surface area contributed by atoms with Crippen molar-refractivity contribution in [3.63, 3.8) is 0 Å². The first-order valence-electron chi connectivity index (χ1n) is 3.06. The second kappa shape index (κ2) is 5.65. The van der Waals surface area contributed by atoms with Gasteiger partial charge in [0.2, 0.25) is 0 Å². The zero-order valence-corrected chi connectivity index (χ0v) is 9.21. The van der Waals surface area contributed by atoms with Crippen LogP contribution in [0, 0.1) is 0 Å². The van der Waals surface area contributed by atoms with Gasteiger partial charge >= 0.3 is 0 Å². The van der Waals surface area contributed by atoms with Gasteiger partial charge in [-0.2, -0.15) is 5.10 Å². The minimum Gasteiger partial charge on any atom is -0.324 e. The third-order valence-electron chi connectivity index (χ3n) is 1.38. The minimum absolute atomic E-state index is 0. The van der Waals surface area contributed by atoms with E-state index in [0.717, 1.165) is 5.56 Å². The molecule has 0 saturated heterocycles. The fourth-order valence-electron chi connectivity index (χ4n) is 0.745. The third-order valence-corrected chi connectivity index (χ3v) is 1.85. The van der Waals surface area contributed by atoms with Crippen molar-refractivity contribution in [3.05, 3.63) is 16.9 Å². The molecule has 6 heteroatoms. The molecule has 0 radical (unpaired) electrons. The summed E-state index contributed by atoms with van der Waals surface area (Å²) in [5.74, 6) is 0. The van der Waals surface area contributed by atoms with Crippen LogP contribution < -0.4 is 5.73 Å². The Morgan fingerprint density at radius 3 is 2.25 bits per heavy atom. The predicted molar refractivity (Wildman–Crippen MR) is 55.3 cm³/mol. The fraction of sp³-hybridized carbons (Fsp3) is 0.500. The van der Waals surface area contributed by atoms with Gasteiger partial charge in [-0.15, -0.1) is 24.8 Å². The van der Waals surface area contributed by atoms with E-state index in [1.165, 1.54) is 0 Å². The number of rotatable bonds is 1. The molecule has 0 bridgehead atoms. The number of aromatic nitrogens is 2. The maximum absolute atomic E-state index is 5.82. The van der Waals surface area contributed by atoms with Crippen LogP contribution >= 0.6 is 36.4 Å². The summed E-state index contributed by atoms with van der Waals surface area (Å²) in [6.07, 6.45) is 1.69. The van der Waals surface area contributed by atoms with Gasteiger partial charge in [0.05, 0.1) is 6.20 Å². The molecule has 1 atom stereocenters. The molecule has 12 heavy (non-hydrogen) atoms. The Kier molecular flexibility index (Phi) is 6.85. The van der Waals surface area contributed by atoms with Gasteiger partial charge in [0, 0.05) is 18.7 Å². The van der Waals surface area contributed by atoms with Gasteiger partial charge < -0.3 is 5.73 Å². The molecule has 1 heterocycles. The van der Waals surface area contributed by atoms with Crippen LogP contribution in [0.15, 0.2) is 6.20 Å². The Morgan fingerprint density at radius 2 is 2.08 bits per heavy atom. The highest BCUT2D eigenvalue weighted by molar-refractivity contribution is 6.30. The van der Waals surface area contributed by atoms with Crippen molar-refractivity contribution in [3.8, 4) is 0 Å². The van der Waals surface area contributed by atoms with E-state index in [-0.39, 0.29) is 30.9 Å². The Labute approximate surface area is 89.1 Å². The van der Waals surface area contributed by atoms with E-state index in [0.29, 0.717) is 5.15 Å². The van der Waals surface area contributed by atoms with E-state index in [1.54, 1.807) is 17.9 Å². The van der Waals surface area contributed by atoms with Crippen molar-refractivity contribution in [2.24, 2.45) is 12.8 Å². The van der Waals surface area contributed by atoms with Crippen LogP contribution in [0.2, 0.25) is 5.15 Å². The molecule has 0 unspecified atom stereocenters. The zero-order valence-electron chi connectivity index (χ0n) is 6.82. The topological polar surface area (TPSA) is 43.8 Å². The van der Waals surface area contributed by atoms with E-state index in [9.17, 15) is 0 Å². The molecule has 0 aliphatic heterocycles. The van der Waals surface area contributed by atoms with Crippen LogP contribution in [0.5, 0.6) is 0 Å². The van der Waals surface area contributed by atoms with Gasteiger partial charge in [0.15, 0.2) is 0 Å². The normalized spacial score (nSPS) is 11.3. The lowest BCUT2D eigenvalue weighted by atomic mass is 10.2. The molecule has 0 aliphatic carbocycles. The lowest BCUT2D eigenvalue weighted by Gasteiger charge is -2.00. The summed E-state index contributed by atoms with van der Waals surface area (Å²) in [5.41, 5.74) is 6.48. The molecule has 1 rings (SSSR count). The highest BCUT2D eigenvalue weighted by Crippen LogP contribution is 2.19. The molecular formula is C6H12Cl3N3. The smallest absolute Gasteiger partial charge is 0.131 e. The van der Waals surface area contributed by atoms with E-state index < -0.39 is 0 Å². The van der Waals surface area contributed by atoms with Crippen LogP contribution in [-0.4, -0.2) is 9.78 Å². The maximum Gasteiger partial charge on any atom is 0.131 e. The molecule has 0 fully saturated rings. The molecule has 2 N–H and O–H groups in total. The lowest BCUT2D eigenvalue weighted by molar-refractivity contribution is 0.763. The highest BCUT2D eigenvalue weighted by Gasteiger charge is 2.08. The summed E-state index contributed by atoms with van der Waals surface area (Å²) >= 11 is 5.82. The minimum atomic E-state index is -0.0406. The van der Waals surface area contributed by atoms with Crippen LogP contribution in [-0.2, 0) is 7.05 Å². The maximum atomic E-state index is 5.82. The van der Waals surface area contributed by atoms with E-state index in [2.05, 4.69) is 5.10 Å². The van der Waals surface area contributed by atoms with Crippen LogP contribution in [0.25, 0.3) is 0 Å². The van der Waals surface area contributed by atoms with Crippen molar-refractivity contribution in [1.82, 2.24) is 9.78 Å². The molecule has 0 amide bonds. The van der Waals surface area contributed by atoms with Crippen molar-refractivity contribution >= 4 is 36.4 Å². The van der Waals surface area contributed by atoms with Crippen LogP contribution in [0.1, 0.15) is 18.5 Å². The third kappa shape index (κ3) is 2.83. The first kappa shape index (κ1) is 14.6. The number of hydrogen-bond acceptors (Lipinski definition) is 2. The Balaban J connectivity index is 0. The Bertz CT molecular complexity index is 234. The summed E-state index contributed by atoms with van der Waals surface area (Å²) in [7, 11) is 1.79. The van der Waals surface area contributed by atoms with Gasteiger partial charge in [0.1, 0.15) is 5.15 Å². The first-order chi connectivity index (χ1) is 4.63. The van der Waals surface area contributed by atoms with Gasteiger partial charge in [-0.3, -0.25) is 4.68 Å². The van der Waals surface area contributed by atoms with Crippen molar-refractivity contribution in [1.29, 1.82) is 0 Å². The van der Waals surface area contributed by atoms with Crippen molar-refractivity contribution < 1.29 is 0 Å². The summed E-state index contributed by atoms with van der Waals surface area (Å²) in [5, 5.41) is 4.56. The molecule has 72 valence electrons.